The van der Waals surface area contributed by atoms with Gasteiger partial charge in [-0.15, -0.1) is 11.6 Å². The fourth-order valence-electron chi connectivity index (χ4n) is 2.31. The van der Waals surface area contributed by atoms with Crippen LogP contribution in [0.15, 0.2) is 18.2 Å². The molecule has 0 bridgehead atoms. The van der Waals surface area contributed by atoms with E-state index in [-0.39, 0.29) is 6.09 Å². The zero-order valence-electron chi connectivity index (χ0n) is 12.6. The lowest BCUT2D eigenvalue weighted by Crippen LogP contribution is -2.27. The van der Waals surface area contributed by atoms with Gasteiger partial charge < -0.3 is 4.74 Å². The van der Waals surface area contributed by atoms with Crippen LogP contribution in [0.2, 0.25) is 0 Å². The number of carbonyl (C=O) groups excluding carboxylic acids is 1. The predicted octanol–water partition coefficient (Wildman–Crippen LogP) is 4.78. The number of halogens is 1. The smallest absolute Gasteiger partial charge is 0.419 e. The van der Waals surface area contributed by atoms with Crippen LogP contribution in [0.1, 0.15) is 37.6 Å². The topological polar surface area (TPSA) is 31.2 Å². The first kappa shape index (κ1) is 14.9. The Balaban J connectivity index is 2.64. The molecular weight excluding hydrogens is 274 g/mol. The third kappa shape index (κ3) is 2.68. The second-order valence-electron chi connectivity index (χ2n) is 6.03. The lowest BCUT2D eigenvalue weighted by molar-refractivity contribution is 0.0541. The number of fused-ring (bicyclic) bond motifs is 1. The van der Waals surface area contributed by atoms with Crippen LogP contribution in [0.3, 0.4) is 0 Å². The highest BCUT2D eigenvalue weighted by Gasteiger charge is 2.23. The van der Waals surface area contributed by atoms with Crippen molar-refractivity contribution in [3.63, 3.8) is 0 Å². The van der Waals surface area contributed by atoms with Gasteiger partial charge in [0.2, 0.25) is 0 Å². The van der Waals surface area contributed by atoms with E-state index in [4.69, 9.17) is 16.3 Å². The summed E-state index contributed by atoms with van der Waals surface area (Å²) in [7, 11) is 0. The summed E-state index contributed by atoms with van der Waals surface area (Å²) in [5.41, 5.74) is 3.29. The first-order valence-corrected chi connectivity index (χ1v) is 7.18. The van der Waals surface area contributed by atoms with Crippen LogP contribution in [0.25, 0.3) is 10.9 Å². The van der Waals surface area contributed by atoms with Crippen LogP contribution in [-0.2, 0) is 10.6 Å². The molecule has 1 aromatic heterocycles. The maximum Gasteiger partial charge on any atom is 0.419 e. The molecule has 3 nitrogen and oxygen atoms in total. The number of alkyl halides is 1. The number of aromatic nitrogens is 1. The van der Waals surface area contributed by atoms with Gasteiger partial charge in [0.15, 0.2) is 0 Å². The SMILES string of the molecule is Cc1ccc2c(c1)c(CCl)c(C)n2C(=O)OC(C)(C)C. The quantitative estimate of drug-likeness (QED) is 0.709. The Bertz CT molecular complexity index is 665. The molecule has 0 fully saturated rings. The van der Waals surface area contributed by atoms with E-state index in [1.165, 1.54) is 0 Å². The van der Waals surface area contributed by atoms with Crippen LogP contribution in [0.4, 0.5) is 4.79 Å². The maximum absolute atomic E-state index is 12.4. The molecule has 20 heavy (non-hydrogen) atoms. The van der Waals surface area contributed by atoms with Crippen molar-refractivity contribution >= 4 is 28.6 Å². The number of hydrogen-bond donors (Lipinski definition) is 0. The predicted molar refractivity (Wildman–Crippen MR) is 82.6 cm³/mol. The molecule has 0 radical (unpaired) electrons. The molecule has 0 aliphatic carbocycles. The molecule has 2 rings (SSSR count). The Hall–Kier alpha value is -1.48. The molecule has 0 saturated heterocycles. The highest BCUT2D eigenvalue weighted by Crippen LogP contribution is 2.29. The molecule has 0 amide bonds. The van der Waals surface area contributed by atoms with Crippen LogP contribution in [0.5, 0.6) is 0 Å². The van der Waals surface area contributed by atoms with Crippen LogP contribution in [0, 0.1) is 13.8 Å². The second kappa shape index (κ2) is 5.13. The molecule has 0 N–H and O–H groups in total. The summed E-state index contributed by atoms with van der Waals surface area (Å²) in [4.78, 5) is 12.4. The monoisotopic (exact) mass is 293 g/mol. The largest absolute Gasteiger partial charge is 0.443 e. The molecule has 0 unspecified atom stereocenters. The van der Waals surface area contributed by atoms with Crippen molar-refractivity contribution in [1.29, 1.82) is 0 Å². The number of benzene rings is 1. The Morgan fingerprint density at radius 1 is 1.30 bits per heavy atom. The Kier molecular flexibility index (Phi) is 3.83. The summed E-state index contributed by atoms with van der Waals surface area (Å²) in [6.07, 6.45) is -0.361. The molecule has 0 saturated carbocycles. The van der Waals surface area contributed by atoms with Crippen molar-refractivity contribution in [3.8, 4) is 0 Å². The second-order valence-corrected chi connectivity index (χ2v) is 6.30. The number of nitrogens with zero attached hydrogens (tertiary/aromatic N) is 1. The molecular formula is C16H20ClNO2. The molecule has 0 atom stereocenters. The van der Waals surface area contributed by atoms with E-state index >= 15 is 0 Å². The highest BCUT2D eigenvalue weighted by atomic mass is 35.5. The van der Waals surface area contributed by atoms with Crippen LogP contribution < -0.4 is 0 Å². The van der Waals surface area contributed by atoms with E-state index in [9.17, 15) is 4.79 Å². The Labute approximate surface area is 124 Å². The van der Waals surface area contributed by atoms with E-state index < -0.39 is 5.60 Å². The zero-order chi connectivity index (χ0) is 15.1. The number of ether oxygens (including phenoxy) is 1. The summed E-state index contributed by atoms with van der Waals surface area (Å²) >= 11 is 6.05. The number of rotatable bonds is 1. The molecule has 1 aromatic carbocycles. The van der Waals surface area contributed by atoms with E-state index in [0.29, 0.717) is 5.88 Å². The average Bonchev–Trinajstić information content (AvgIpc) is 2.57. The molecule has 0 aliphatic heterocycles. The molecule has 108 valence electrons. The van der Waals surface area contributed by atoms with Crippen molar-refractivity contribution in [3.05, 3.63) is 35.0 Å². The molecule has 0 aliphatic rings. The number of hydrogen-bond acceptors (Lipinski definition) is 2. The zero-order valence-corrected chi connectivity index (χ0v) is 13.3. The third-order valence-electron chi connectivity index (χ3n) is 3.20. The normalized spacial score (nSPS) is 11.9. The van der Waals surface area contributed by atoms with Crippen molar-refractivity contribution in [2.75, 3.05) is 0 Å². The lowest BCUT2D eigenvalue weighted by Gasteiger charge is -2.20. The van der Waals surface area contributed by atoms with Gasteiger partial charge in [0.05, 0.1) is 5.52 Å². The van der Waals surface area contributed by atoms with Crippen molar-refractivity contribution < 1.29 is 9.53 Å². The van der Waals surface area contributed by atoms with Crippen molar-refractivity contribution in [2.24, 2.45) is 0 Å². The van der Waals surface area contributed by atoms with Gasteiger partial charge in [-0.05, 0) is 52.3 Å². The standard InChI is InChI=1S/C16H20ClNO2/c1-10-6-7-14-12(8-10)13(9-17)11(2)18(14)15(19)20-16(3,4)5/h6-8H,9H2,1-5H3. The Morgan fingerprint density at radius 3 is 2.50 bits per heavy atom. The first-order chi connectivity index (χ1) is 9.24. The average molecular weight is 294 g/mol. The molecule has 1 heterocycles. The summed E-state index contributed by atoms with van der Waals surface area (Å²) in [6.45, 7) is 9.50. The summed E-state index contributed by atoms with van der Waals surface area (Å²) in [6, 6.07) is 5.99. The van der Waals surface area contributed by atoms with Gasteiger partial charge in [0, 0.05) is 17.0 Å². The number of carbonyl (C=O) groups is 1. The fraction of sp³-hybridized carbons (Fsp3) is 0.438. The van der Waals surface area contributed by atoms with Crippen LogP contribution in [-0.4, -0.2) is 16.3 Å². The van der Waals surface area contributed by atoms with E-state index in [1.54, 1.807) is 4.57 Å². The molecule has 2 aromatic rings. The minimum atomic E-state index is -0.522. The summed E-state index contributed by atoms with van der Waals surface area (Å²) in [5.74, 6) is 0.377. The third-order valence-corrected chi connectivity index (χ3v) is 3.47. The van der Waals surface area contributed by atoms with Gasteiger partial charge >= 0.3 is 6.09 Å². The molecule has 4 heteroatoms. The molecule has 0 spiro atoms. The van der Waals surface area contributed by atoms with E-state index in [1.807, 2.05) is 46.8 Å². The van der Waals surface area contributed by atoms with Crippen molar-refractivity contribution in [1.82, 2.24) is 4.57 Å². The number of aryl methyl sites for hydroxylation is 1. The van der Waals surface area contributed by atoms with E-state index in [2.05, 4.69) is 6.07 Å². The minimum absolute atomic E-state index is 0.361. The van der Waals surface area contributed by atoms with Gasteiger partial charge in [-0.25, -0.2) is 9.36 Å². The minimum Gasteiger partial charge on any atom is -0.443 e. The van der Waals surface area contributed by atoms with Gasteiger partial charge in [0.25, 0.3) is 0 Å². The van der Waals surface area contributed by atoms with Gasteiger partial charge in [-0.3, -0.25) is 0 Å². The first-order valence-electron chi connectivity index (χ1n) is 6.64. The van der Waals surface area contributed by atoms with Gasteiger partial charge in [-0.1, -0.05) is 11.6 Å². The van der Waals surface area contributed by atoms with E-state index in [0.717, 1.165) is 27.7 Å². The van der Waals surface area contributed by atoms with Gasteiger partial charge in [0.1, 0.15) is 5.60 Å². The lowest BCUT2D eigenvalue weighted by atomic mass is 10.1. The van der Waals surface area contributed by atoms with Gasteiger partial charge in [-0.2, -0.15) is 0 Å². The maximum atomic E-state index is 12.4. The highest BCUT2D eigenvalue weighted by molar-refractivity contribution is 6.18. The van der Waals surface area contributed by atoms with Crippen molar-refractivity contribution in [2.45, 2.75) is 46.1 Å². The van der Waals surface area contributed by atoms with Crippen LogP contribution >= 0.6 is 11.6 Å². The Morgan fingerprint density at radius 2 is 1.95 bits per heavy atom. The summed E-state index contributed by atoms with van der Waals surface area (Å²) in [5, 5.41) is 1.02. The summed E-state index contributed by atoms with van der Waals surface area (Å²) < 4.78 is 7.09. The fourth-order valence-corrected chi connectivity index (χ4v) is 2.65.